The summed E-state index contributed by atoms with van der Waals surface area (Å²) in [5.74, 6) is 0.909. The van der Waals surface area contributed by atoms with Gasteiger partial charge in [-0.25, -0.2) is 4.68 Å². The molecule has 0 bridgehead atoms. The number of nitro groups is 1. The molecule has 0 aliphatic carbocycles. The molecule has 1 aliphatic rings. The fourth-order valence-electron chi connectivity index (χ4n) is 3.55. The van der Waals surface area contributed by atoms with Crippen molar-refractivity contribution in [1.29, 1.82) is 0 Å². The molecule has 1 saturated heterocycles. The summed E-state index contributed by atoms with van der Waals surface area (Å²) in [5.41, 5.74) is 1.01. The Hall–Kier alpha value is -3.95. The number of aromatic nitrogens is 2. The molecule has 3 aromatic rings. The Morgan fingerprint density at radius 3 is 2.39 bits per heavy atom. The van der Waals surface area contributed by atoms with E-state index in [-0.39, 0.29) is 23.2 Å². The molecule has 0 saturated carbocycles. The number of carbonyl (C=O) groups excluding carboxylic acids is 2. The first-order valence-corrected chi connectivity index (χ1v) is 9.80. The van der Waals surface area contributed by atoms with Gasteiger partial charge in [-0.2, -0.15) is 5.10 Å². The van der Waals surface area contributed by atoms with Crippen molar-refractivity contribution in [2.75, 3.05) is 26.2 Å². The minimum absolute atomic E-state index is 0.0239. The zero-order chi connectivity index (χ0) is 22.1. The fourth-order valence-corrected chi connectivity index (χ4v) is 3.55. The molecule has 0 N–H and O–H groups in total. The van der Waals surface area contributed by atoms with Gasteiger partial charge in [0, 0.05) is 51.3 Å². The number of non-ortho nitro benzene ring substituents is 1. The lowest BCUT2D eigenvalue weighted by molar-refractivity contribution is -0.384. The second kappa shape index (κ2) is 8.05. The van der Waals surface area contributed by atoms with Crippen LogP contribution in [0.5, 0.6) is 0 Å². The Kier molecular flexibility index (Phi) is 5.28. The number of aryl methyl sites for hydroxylation is 1. The van der Waals surface area contributed by atoms with E-state index in [1.54, 1.807) is 40.1 Å². The van der Waals surface area contributed by atoms with Crippen molar-refractivity contribution in [2.24, 2.45) is 0 Å². The van der Waals surface area contributed by atoms with E-state index in [1.165, 1.54) is 23.7 Å². The van der Waals surface area contributed by atoms with Crippen LogP contribution < -0.4 is 0 Å². The normalized spacial score (nSPS) is 14.0. The summed E-state index contributed by atoms with van der Waals surface area (Å²) in [5, 5.41) is 15.7. The van der Waals surface area contributed by atoms with Crippen molar-refractivity contribution >= 4 is 17.5 Å². The molecule has 1 fully saturated rings. The van der Waals surface area contributed by atoms with Crippen LogP contribution in [0.2, 0.25) is 0 Å². The smallest absolute Gasteiger partial charge is 0.272 e. The predicted octanol–water partition coefficient (Wildman–Crippen LogP) is 2.65. The van der Waals surface area contributed by atoms with Gasteiger partial charge >= 0.3 is 0 Å². The standard InChI is InChI=1S/C21H21N5O5/c1-14-6-7-20(31-14)18-13-19(21(28)24-10-8-23(9-11-24)15(2)27)25(22-18)16-4-3-5-17(12-16)26(29)30/h3-7,12-13H,8-11H2,1-2H3. The monoisotopic (exact) mass is 423 g/mol. The SMILES string of the molecule is CC(=O)N1CCN(C(=O)c2cc(-c3ccc(C)o3)nn2-c2cccc([N+](=O)[O-])c2)CC1. The van der Waals surface area contributed by atoms with E-state index in [0.717, 1.165) is 0 Å². The van der Waals surface area contributed by atoms with Crippen LogP contribution >= 0.6 is 0 Å². The van der Waals surface area contributed by atoms with E-state index < -0.39 is 4.92 Å². The first-order chi connectivity index (χ1) is 14.8. The van der Waals surface area contributed by atoms with E-state index in [4.69, 9.17) is 4.42 Å². The molecule has 31 heavy (non-hydrogen) atoms. The van der Waals surface area contributed by atoms with Crippen molar-refractivity contribution in [3.05, 3.63) is 64.0 Å². The molecular weight excluding hydrogens is 402 g/mol. The van der Waals surface area contributed by atoms with Gasteiger partial charge < -0.3 is 14.2 Å². The summed E-state index contributed by atoms with van der Waals surface area (Å²) in [6, 6.07) is 11.1. The van der Waals surface area contributed by atoms with Crippen LogP contribution in [0, 0.1) is 17.0 Å². The number of hydrogen-bond donors (Lipinski definition) is 0. The van der Waals surface area contributed by atoms with E-state index >= 15 is 0 Å². The predicted molar refractivity (Wildman–Crippen MR) is 111 cm³/mol. The molecule has 3 heterocycles. The number of nitrogens with zero attached hydrogens (tertiary/aromatic N) is 5. The fraction of sp³-hybridized carbons (Fsp3) is 0.286. The lowest BCUT2D eigenvalue weighted by Gasteiger charge is -2.34. The van der Waals surface area contributed by atoms with E-state index in [9.17, 15) is 19.7 Å². The quantitative estimate of drug-likeness (QED) is 0.471. The van der Waals surface area contributed by atoms with Crippen LogP contribution in [0.1, 0.15) is 23.2 Å². The number of furan rings is 1. The van der Waals surface area contributed by atoms with Gasteiger partial charge in [-0.1, -0.05) is 6.07 Å². The van der Waals surface area contributed by atoms with Crippen molar-refractivity contribution < 1.29 is 18.9 Å². The Labute approximate surface area is 177 Å². The molecule has 0 atom stereocenters. The number of carbonyl (C=O) groups is 2. The second-order valence-corrected chi connectivity index (χ2v) is 7.31. The third-order valence-electron chi connectivity index (χ3n) is 5.22. The zero-order valence-corrected chi connectivity index (χ0v) is 17.1. The summed E-state index contributed by atoms with van der Waals surface area (Å²) in [4.78, 5) is 39.0. The Balaban J connectivity index is 1.73. The first-order valence-electron chi connectivity index (χ1n) is 9.80. The summed E-state index contributed by atoms with van der Waals surface area (Å²) < 4.78 is 7.05. The van der Waals surface area contributed by atoms with Crippen molar-refractivity contribution in [3.8, 4) is 17.1 Å². The lowest BCUT2D eigenvalue weighted by atomic mass is 10.2. The highest BCUT2D eigenvalue weighted by Gasteiger charge is 2.27. The molecule has 4 rings (SSSR count). The maximum Gasteiger partial charge on any atom is 0.272 e. The maximum atomic E-state index is 13.3. The summed E-state index contributed by atoms with van der Waals surface area (Å²) in [7, 11) is 0. The van der Waals surface area contributed by atoms with Crippen LogP contribution in [0.4, 0.5) is 5.69 Å². The highest BCUT2D eigenvalue weighted by atomic mass is 16.6. The average molecular weight is 423 g/mol. The van der Waals surface area contributed by atoms with Crippen LogP contribution in [0.15, 0.2) is 46.9 Å². The van der Waals surface area contributed by atoms with Gasteiger partial charge in [0.15, 0.2) is 5.76 Å². The number of hydrogen-bond acceptors (Lipinski definition) is 6. The molecule has 1 aromatic carbocycles. The summed E-state index contributed by atoms with van der Waals surface area (Å²) in [6.45, 7) is 5.02. The second-order valence-electron chi connectivity index (χ2n) is 7.31. The topological polar surface area (TPSA) is 115 Å². The molecule has 0 unspecified atom stereocenters. The number of benzene rings is 1. The molecular formula is C21H21N5O5. The van der Waals surface area contributed by atoms with Gasteiger partial charge in [0.25, 0.3) is 11.6 Å². The molecule has 1 aliphatic heterocycles. The Bertz CT molecular complexity index is 1160. The van der Waals surface area contributed by atoms with Gasteiger partial charge in [-0.05, 0) is 25.1 Å². The van der Waals surface area contributed by atoms with E-state index in [0.29, 0.717) is 49.1 Å². The van der Waals surface area contributed by atoms with Gasteiger partial charge in [0.1, 0.15) is 17.1 Å². The molecule has 2 aromatic heterocycles. The van der Waals surface area contributed by atoms with E-state index in [2.05, 4.69) is 5.10 Å². The minimum atomic E-state index is -0.494. The average Bonchev–Trinajstić information content (AvgIpc) is 3.40. The third kappa shape index (κ3) is 4.04. The van der Waals surface area contributed by atoms with Crippen LogP contribution in [0.3, 0.4) is 0 Å². The number of amides is 2. The molecule has 0 radical (unpaired) electrons. The van der Waals surface area contributed by atoms with Crippen LogP contribution in [-0.2, 0) is 4.79 Å². The first kappa shape index (κ1) is 20.3. The summed E-state index contributed by atoms with van der Waals surface area (Å²) in [6.07, 6.45) is 0. The highest BCUT2D eigenvalue weighted by molar-refractivity contribution is 5.94. The van der Waals surface area contributed by atoms with Crippen molar-refractivity contribution in [3.63, 3.8) is 0 Å². The Morgan fingerprint density at radius 2 is 1.77 bits per heavy atom. The van der Waals surface area contributed by atoms with Gasteiger partial charge in [-0.15, -0.1) is 0 Å². The molecule has 0 spiro atoms. The zero-order valence-electron chi connectivity index (χ0n) is 17.1. The number of piperazine rings is 1. The molecule has 10 heteroatoms. The Morgan fingerprint density at radius 1 is 1.06 bits per heavy atom. The molecule has 160 valence electrons. The van der Waals surface area contributed by atoms with Crippen LogP contribution in [-0.4, -0.2) is 62.5 Å². The van der Waals surface area contributed by atoms with Crippen LogP contribution in [0.25, 0.3) is 17.1 Å². The van der Waals surface area contributed by atoms with E-state index in [1.807, 2.05) is 6.92 Å². The largest absolute Gasteiger partial charge is 0.460 e. The highest BCUT2D eigenvalue weighted by Crippen LogP contribution is 2.26. The third-order valence-corrected chi connectivity index (χ3v) is 5.22. The number of nitro benzene ring substituents is 1. The van der Waals surface area contributed by atoms with Crippen molar-refractivity contribution in [1.82, 2.24) is 19.6 Å². The number of rotatable bonds is 4. The minimum Gasteiger partial charge on any atom is -0.460 e. The maximum absolute atomic E-state index is 13.3. The van der Waals surface area contributed by atoms with Gasteiger partial charge in [-0.3, -0.25) is 19.7 Å². The van der Waals surface area contributed by atoms with Crippen molar-refractivity contribution in [2.45, 2.75) is 13.8 Å². The van der Waals surface area contributed by atoms with Gasteiger partial charge in [0.2, 0.25) is 5.91 Å². The molecule has 10 nitrogen and oxygen atoms in total. The van der Waals surface area contributed by atoms with Gasteiger partial charge in [0.05, 0.1) is 10.6 Å². The molecule has 2 amide bonds. The summed E-state index contributed by atoms with van der Waals surface area (Å²) >= 11 is 0. The lowest BCUT2D eigenvalue weighted by Crippen LogP contribution is -2.50.